The number of hydrogen-bond acceptors (Lipinski definition) is 3. The maximum absolute atomic E-state index is 13.8. The number of nitrogens with one attached hydrogen (secondary N) is 2. The smallest absolute Gasteiger partial charge is 0.314 e. The number of benzene rings is 1. The molecule has 2 N–H and O–H groups in total. The molecule has 0 bridgehead atoms. The molecular weight excluding hydrogens is 263 g/mol. The van der Waals surface area contributed by atoms with Crippen LogP contribution in [0.5, 0.6) is 0 Å². The molecule has 0 aliphatic rings. The van der Waals surface area contributed by atoms with Gasteiger partial charge in [0.1, 0.15) is 11.4 Å². The van der Waals surface area contributed by atoms with Crippen molar-refractivity contribution in [3.8, 4) is 0 Å². The highest BCUT2D eigenvalue weighted by atomic mass is 19.1. The fourth-order valence-electron chi connectivity index (χ4n) is 1.75. The molecule has 6 heteroatoms. The normalized spacial score (nSPS) is 13.6. The van der Waals surface area contributed by atoms with Gasteiger partial charge in [-0.1, -0.05) is 18.2 Å². The van der Waals surface area contributed by atoms with Crippen molar-refractivity contribution in [2.45, 2.75) is 12.5 Å². The molecule has 1 aromatic carbocycles. The Balaban J connectivity index is 2.62. The number of carbonyl (C=O) groups excluding carboxylic acids is 1. The molecule has 1 atom stereocenters. The highest BCUT2D eigenvalue weighted by Crippen LogP contribution is 2.26. The minimum absolute atomic E-state index is 0.156. The number of urea groups is 1. The summed E-state index contributed by atoms with van der Waals surface area (Å²) in [5.74, 6) is -0.363. The number of ether oxygens (including phenoxy) is 2. The molecule has 0 unspecified atom stereocenters. The fourth-order valence-corrected chi connectivity index (χ4v) is 1.75. The Kier molecular flexibility index (Phi) is 6.41. The van der Waals surface area contributed by atoms with Crippen LogP contribution in [0.4, 0.5) is 9.18 Å². The van der Waals surface area contributed by atoms with Crippen LogP contribution in [0, 0.1) is 5.82 Å². The van der Waals surface area contributed by atoms with Gasteiger partial charge in [-0.05, 0) is 13.0 Å². The zero-order chi connectivity index (χ0) is 15.0. The molecule has 0 heterocycles. The van der Waals surface area contributed by atoms with Crippen molar-refractivity contribution in [3.63, 3.8) is 0 Å². The van der Waals surface area contributed by atoms with E-state index in [1.54, 1.807) is 32.2 Å². The highest BCUT2D eigenvalue weighted by molar-refractivity contribution is 5.73. The van der Waals surface area contributed by atoms with Crippen LogP contribution in [0.1, 0.15) is 12.5 Å². The van der Waals surface area contributed by atoms with E-state index in [0.717, 1.165) is 0 Å². The largest absolute Gasteiger partial charge is 0.383 e. The Hall–Kier alpha value is -1.66. The molecular formula is C14H21FN2O3. The van der Waals surface area contributed by atoms with Gasteiger partial charge in [-0.2, -0.15) is 0 Å². The third kappa shape index (κ3) is 4.47. The second-order valence-corrected chi connectivity index (χ2v) is 4.52. The van der Waals surface area contributed by atoms with Gasteiger partial charge in [-0.25, -0.2) is 9.18 Å². The summed E-state index contributed by atoms with van der Waals surface area (Å²) in [7, 11) is 3.04. The van der Waals surface area contributed by atoms with Crippen molar-refractivity contribution in [2.75, 3.05) is 33.9 Å². The van der Waals surface area contributed by atoms with Gasteiger partial charge in [-0.3, -0.25) is 0 Å². The lowest BCUT2D eigenvalue weighted by molar-refractivity contribution is 0.00201. The zero-order valence-corrected chi connectivity index (χ0v) is 12.0. The topological polar surface area (TPSA) is 59.6 Å². The average Bonchev–Trinajstić information content (AvgIpc) is 2.45. The summed E-state index contributed by atoms with van der Waals surface area (Å²) in [4.78, 5) is 11.6. The Morgan fingerprint density at radius 3 is 2.60 bits per heavy atom. The lowest BCUT2D eigenvalue weighted by atomic mass is 9.95. The van der Waals surface area contributed by atoms with Gasteiger partial charge in [0.15, 0.2) is 0 Å². The number of amides is 2. The van der Waals surface area contributed by atoms with Crippen LogP contribution >= 0.6 is 0 Å². The van der Waals surface area contributed by atoms with Gasteiger partial charge in [0.25, 0.3) is 0 Å². The summed E-state index contributed by atoms with van der Waals surface area (Å²) in [6, 6.07) is 6.00. The van der Waals surface area contributed by atoms with Crippen LogP contribution in [-0.4, -0.2) is 39.9 Å². The van der Waals surface area contributed by atoms with Gasteiger partial charge >= 0.3 is 6.03 Å². The summed E-state index contributed by atoms with van der Waals surface area (Å²) >= 11 is 0. The number of rotatable bonds is 7. The summed E-state index contributed by atoms with van der Waals surface area (Å²) in [6.45, 7) is 2.72. The first-order valence-electron chi connectivity index (χ1n) is 6.34. The number of hydrogen-bond donors (Lipinski definition) is 2. The molecule has 0 saturated heterocycles. The van der Waals surface area contributed by atoms with Gasteiger partial charge in [-0.15, -0.1) is 0 Å². The number of halogens is 1. The van der Waals surface area contributed by atoms with Crippen molar-refractivity contribution in [2.24, 2.45) is 0 Å². The quantitative estimate of drug-likeness (QED) is 0.748. The molecule has 1 rings (SSSR count). The Labute approximate surface area is 118 Å². The van der Waals surface area contributed by atoms with E-state index in [-0.39, 0.29) is 18.4 Å². The fraction of sp³-hybridized carbons (Fsp3) is 0.500. The molecule has 2 amide bonds. The van der Waals surface area contributed by atoms with Crippen LogP contribution in [0.15, 0.2) is 24.3 Å². The third-order valence-corrected chi connectivity index (χ3v) is 3.07. The summed E-state index contributed by atoms with van der Waals surface area (Å²) in [6.07, 6.45) is 0. The lowest BCUT2D eigenvalue weighted by Crippen LogP contribution is -2.45. The molecule has 0 aromatic heterocycles. The predicted octanol–water partition coefficient (Wildman–Crippen LogP) is 1.63. The minimum atomic E-state index is -0.927. The van der Waals surface area contributed by atoms with Crippen molar-refractivity contribution >= 4 is 6.03 Å². The van der Waals surface area contributed by atoms with Crippen molar-refractivity contribution in [3.05, 3.63) is 35.6 Å². The molecule has 112 valence electrons. The van der Waals surface area contributed by atoms with Gasteiger partial charge < -0.3 is 20.1 Å². The van der Waals surface area contributed by atoms with E-state index in [2.05, 4.69) is 10.6 Å². The first kappa shape index (κ1) is 16.4. The van der Waals surface area contributed by atoms with Crippen molar-refractivity contribution in [1.29, 1.82) is 0 Å². The molecule has 0 aliphatic heterocycles. The first-order chi connectivity index (χ1) is 9.53. The first-order valence-corrected chi connectivity index (χ1v) is 6.34. The van der Waals surface area contributed by atoms with Crippen LogP contribution in [0.2, 0.25) is 0 Å². The monoisotopic (exact) mass is 284 g/mol. The molecule has 0 saturated carbocycles. The van der Waals surface area contributed by atoms with E-state index in [4.69, 9.17) is 9.47 Å². The SMILES string of the molecule is COCCNC(=O)NC[C@@](C)(OC)c1ccccc1F. The minimum Gasteiger partial charge on any atom is -0.383 e. The highest BCUT2D eigenvalue weighted by Gasteiger charge is 2.29. The average molecular weight is 284 g/mol. The molecule has 0 radical (unpaired) electrons. The number of methoxy groups -OCH3 is 2. The molecule has 5 nitrogen and oxygen atoms in total. The molecule has 1 aromatic rings. The summed E-state index contributed by atoms with van der Waals surface area (Å²) < 4.78 is 24.0. The summed E-state index contributed by atoms with van der Waals surface area (Å²) in [5, 5.41) is 5.28. The standard InChI is InChI=1S/C14H21FN2O3/c1-14(20-3,11-6-4-5-7-12(11)15)10-17-13(18)16-8-9-19-2/h4-7H,8-10H2,1-3H3,(H2,16,17,18)/t14-/m1/s1. The predicted molar refractivity (Wildman–Crippen MR) is 74.0 cm³/mol. The van der Waals surface area contributed by atoms with Gasteiger partial charge in [0.05, 0.1) is 13.2 Å². The van der Waals surface area contributed by atoms with Crippen LogP contribution in [0.3, 0.4) is 0 Å². The van der Waals surface area contributed by atoms with E-state index >= 15 is 0 Å². The zero-order valence-electron chi connectivity index (χ0n) is 12.0. The van der Waals surface area contributed by atoms with E-state index in [0.29, 0.717) is 18.7 Å². The number of carbonyl (C=O) groups is 1. The molecule has 20 heavy (non-hydrogen) atoms. The Morgan fingerprint density at radius 1 is 1.30 bits per heavy atom. The van der Waals surface area contributed by atoms with Crippen LogP contribution in [0.25, 0.3) is 0 Å². The second kappa shape index (κ2) is 7.81. The third-order valence-electron chi connectivity index (χ3n) is 3.07. The van der Waals surface area contributed by atoms with E-state index in [1.165, 1.54) is 13.2 Å². The molecule has 0 aliphatic carbocycles. The molecule has 0 spiro atoms. The van der Waals surface area contributed by atoms with Crippen LogP contribution in [-0.2, 0) is 15.1 Å². The van der Waals surface area contributed by atoms with Gasteiger partial charge in [0, 0.05) is 26.3 Å². The Morgan fingerprint density at radius 2 is 2.00 bits per heavy atom. The summed E-state index contributed by atoms with van der Waals surface area (Å²) in [5.41, 5.74) is -0.524. The van der Waals surface area contributed by atoms with Gasteiger partial charge in [0.2, 0.25) is 0 Å². The van der Waals surface area contributed by atoms with Crippen molar-refractivity contribution in [1.82, 2.24) is 10.6 Å². The van der Waals surface area contributed by atoms with E-state index < -0.39 is 5.60 Å². The maximum Gasteiger partial charge on any atom is 0.314 e. The van der Waals surface area contributed by atoms with Crippen molar-refractivity contribution < 1.29 is 18.7 Å². The van der Waals surface area contributed by atoms with E-state index in [9.17, 15) is 9.18 Å². The van der Waals surface area contributed by atoms with E-state index in [1.807, 2.05) is 0 Å². The van der Waals surface area contributed by atoms with Crippen LogP contribution < -0.4 is 10.6 Å². The lowest BCUT2D eigenvalue weighted by Gasteiger charge is -2.29. The maximum atomic E-state index is 13.8. The Bertz CT molecular complexity index is 442. The second-order valence-electron chi connectivity index (χ2n) is 4.52. The molecule has 0 fully saturated rings.